The first-order valence-corrected chi connectivity index (χ1v) is 9.77. The fraction of sp³-hybridized carbons (Fsp3) is 0.667. The lowest BCUT2D eigenvalue weighted by molar-refractivity contribution is -0.132. The van der Waals surface area contributed by atoms with Crippen LogP contribution in [-0.2, 0) is 11.2 Å². The van der Waals surface area contributed by atoms with Crippen LogP contribution in [0.4, 0.5) is 0 Å². The predicted octanol–water partition coefficient (Wildman–Crippen LogP) is 3.70. The second-order valence-electron chi connectivity index (χ2n) is 7.70. The predicted molar refractivity (Wildman–Crippen MR) is 99.1 cm³/mol. The number of aryl methyl sites for hydroxylation is 2. The fourth-order valence-corrected chi connectivity index (χ4v) is 3.51. The van der Waals surface area contributed by atoms with E-state index in [2.05, 4.69) is 41.4 Å². The summed E-state index contributed by atoms with van der Waals surface area (Å²) in [7, 11) is 0. The molecular formula is C21H32N2O. The van der Waals surface area contributed by atoms with Crippen LogP contribution < -0.4 is 5.32 Å². The summed E-state index contributed by atoms with van der Waals surface area (Å²) in [5, 5.41) is 3.68. The Morgan fingerprint density at radius 2 is 1.79 bits per heavy atom. The van der Waals surface area contributed by atoms with Crippen molar-refractivity contribution in [3.63, 3.8) is 0 Å². The van der Waals surface area contributed by atoms with Crippen LogP contribution in [0.25, 0.3) is 0 Å². The number of hydrogen-bond acceptors (Lipinski definition) is 2. The number of amides is 1. The standard InChI is InChI=1S/C21H32N2O/c1-17-6-8-18(9-7-17)4-2-3-5-21(24)23-14-12-20(13-15-23)22-16-19-10-11-19/h6-9,19-20,22H,2-5,10-16H2,1H3. The monoisotopic (exact) mass is 328 g/mol. The summed E-state index contributed by atoms with van der Waals surface area (Å²) in [6.45, 7) is 5.20. The van der Waals surface area contributed by atoms with Gasteiger partial charge in [0.05, 0.1) is 0 Å². The molecule has 0 aromatic heterocycles. The van der Waals surface area contributed by atoms with Crippen molar-refractivity contribution < 1.29 is 4.79 Å². The van der Waals surface area contributed by atoms with E-state index < -0.39 is 0 Å². The van der Waals surface area contributed by atoms with Crippen LogP contribution >= 0.6 is 0 Å². The maximum Gasteiger partial charge on any atom is 0.222 e. The van der Waals surface area contributed by atoms with E-state index in [0.29, 0.717) is 18.4 Å². The Bertz CT molecular complexity index is 513. The molecule has 0 bridgehead atoms. The molecule has 0 radical (unpaired) electrons. The first kappa shape index (κ1) is 17.5. The lowest BCUT2D eigenvalue weighted by Crippen LogP contribution is -2.45. The molecule has 2 fully saturated rings. The fourth-order valence-electron chi connectivity index (χ4n) is 3.51. The molecule has 2 aliphatic rings. The van der Waals surface area contributed by atoms with Crippen LogP contribution in [0.15, 0.2) is 24.3 Å². The summed E-state index contributed by atoms with van der Waals surface area (Å²) < 4.78 is 0. The normalized spacial score (nSPS) is 18.8. The third kappa shape index (κ3) is 5.62. The van der Waals surface area contributed by atoms with Gasteiger partial charge in [0.25, 0.3) is 0 Å². The van der Waals surface area contributed by atoms with Crippen molar-refractivity contribution in [2.45, 2.75) is 64.3 Å². The lowest BCUT2D eigenvalue weighted by atomic mass is 10.0. The Morgan fingerprint density at radius 3 is 2.46 bits per heavy atom. The lowest BCUT2D eigenvalue weighted by Gasteiger charge is -2.32. The minimum Gasteiger partial charge on any atom is -0.343 e. The van der Waals surface area contributed by atoms with Gasteiger partial charge in [0, 0.05) is 25.6 Å². The van der Waals surface area contributed by atoms with Gasteiger partial charge in [-0.25, -0.2) is 0 Å². The summed E-state index contributed by atoms with van der Waals surface area (Å²) in [5.74, 6) is 1.30. The van der Waals surface area contributed by atoms with E-state index in [4.69, 9.17) is 0 Å². The number of carbonyl (C=O) groups excluding carboxylic acids is 1. The third-order valence-corrected chi connectivity index (χ3v) is 5.47. The Labute approximate surface area is 146 Å². The molecule has 1 saturated carbocycles. The molecule has 1 N–H and O–H groups in total. The van der Waals surface area contributed by atoms with Gasteiger partial charge < -0.3 is 10.2 Å². The van der Waals surface area contributed by atoms with Crippen molar-refractivity contribution in [2.75, 3.05) is 19.6 Å². The molecule has 0 spiro atoms. The van der Waals surface area contributed by atoms with Gasteiger partial charge in [-0.1, -0.05) is 29.8 Å². The van der Waals surface area contributed by atoms with Crippen LogP contribution in [0.1, 0.15) is 56.1 Å². The first-order chi connectivity index (χ1) is 11.7. The number of unbranched alkanes of at least 4 members (excludes halogenated alkanes) is 1. The molecule has 1 saturated heterocycles. The zero-order chi connectivity index (χ0) is 16.8. The summed E-state index contributed by atoms with van der Waals surface area (Å²) in [4.78, 5) is 14.4. The highest BCUT2D eigenvalue weighted by molar-refractivity contribution is 5.76. The van der Waals surface area contributed by atoms with Gasteiger partial charge in [-0.05, 0) is 69.9 Å². The number of benzene rings is 1. The summed E-state index contributed by atoms with van der Waals surface area (Å²) in [6, 6.07) is 9.38. The molecule has 132 valence electrons. The third-order valence-electron chi connectivity index (χ3n) is 5.47. The molecule has 3 heteroatoms. The van der Waals surface area contributed by atoms with Crippen molar-refractivity contribution in [3.05, 3.63) is 35.4 Å². The van der Waals surface area contributed by atoms with Gasteiger partial charge in [-0.3, -0.25) is 4.79 Å². The van der Waals surface area contributed by atoms with Crippen LogP contribution in [0.5, 0.6) is 0 Å². The zero-order valence-electron chi connectivity index (χ0n) is 15.1. The van der Waals surface area contributed by atoms with E-state index in [1.807, 2.05) is 0 Å². The molecule has 1 heterocycles. The quantitative estimate of drug-likeness (QED) is 0.738. The molecule has 1 aromatic carbocycles. The summed E-state index contributed by atoms with van der Waals surface area (Å²) in [5.41, 5.74) is 2.69. The molecule has 1 amide bonds. The highest BCUT2D eigenvalue weighted by atomic mass is 16.2. The Morgan fingerprint density at radius 1 is 1.08 bits per heavy atom. The number of nitrogens with zero attached hydrogens (tertiary/aromatic N) is 1. The molecule has 0 unspecified atom stereocenters. The molecule has 1 aliphatic heterocycles. The number of likely N-dealkylation sites (tertiary alicyclic amines) is 1. The largest absolute Gasteiger partial charge is 0.343 e. The maximum absolute atomic E-state index is 12.3. The van der Waals surface area contributed by atoms with Gasteiger partial charge in [-0.2, -0.15) is 0 Å². The average Bonchev–Trinajstić information content (AvgIpc) is 3.43. The SMILES string of the molecule is Cc1ccc(CCCCC(=O)N2CCC(NCC3CC3)CC2)cc1. The molecule has 3 nitrogen and oxygen atoms in total. The molecule has 1 aliphatic carbocycles. The maximum atomic E-state index is 12.3. The van der Waals surface area contributed by atoms with Crippen molar-refractivity contribution in [1.82, 2.24) is 10.2 Å². The average molecular weight is 329 g/mol. The highest BCUT2D eigenvalue weighted by Gasteiger charge is 2.25. The second kappa shape index (κ2) is 8.66. The Balaban J connectivity index is 1.27. The van der Waals surface area contributed by atoms with Crippen molar-refractivity contribution >= 4 is 5.91 Å². The Kier molecular flexibility index (Phi) is 6.30. The highest BCUT2D eigenvalue weighted by Crippen LogP contribution is 2.28. The van der Waals surface area contributed by atoms with Crippen LogP contribution in [0.3, 0.4) is 0 Å². The van der Waals surface area contributed by atoms with E-state index in [1.54, 1.807) is 0 Å². The van der Waals surface area contributed by atoms with Crippen molar-refractivity contribution in [3.8, 4) is 0 Å². The molecule has 24 heavy (non-hydrogen) atoms. The van der Waals surface area contributed by atoms with E-state index in [9.17, 15) is 4.79 Å². The van der Waals surface area contributed by atoms with E-state index in [-0.39, 0.29) is 0 Å². The number of nitrogens with one attached hydrogen (secondary N) is 1. The van der Waals surface area contributed by atoms with Gasteiger partial charge in [0.2, 0.25) is 5.91 Å². The Hall–Kier alpha value is -1.35. The van der Waals surface area contributed by atoms with E-state index >= 15 is 0 Å². The summed E-state index contributed by atoms with van der Waals surface area (Å²) >= 11 is 0. The molecular weight excluding hydrogens is 296 g/mol. The van der Waals surface area contributed by atoms with Crippen LogP contribution in [0, 0.1) is 12.8 Å². The minimum atomic E-state index is 0.361. The van der Waals surface area contributed by atoms with E-state index in [0.717, 1.165) is 51.1 Å². The molecule has 0 atom stereocenters. The van der Waals surface area contributed by atoms with Gasteiger partial charge in [0.15, 0.2) is 0 Å². The first-order valence-electron chi connectivity index (χ1n) is 9.77. The number of carbonyl (C=O) groups is 1. The van der Waals surface area contributed by atoms with Gasteiger partial charge >= 0.3 is 0 Å². The van der Waals surface area contributed by atoms with Gasteiger partial charge in [-0.15, -0.1) is 0 Å². The minimum absolute atomic E-state index is 0.361. The van der Waals surface area contributed by atoms with Gasteiger partial charge in [0.1, 0.15) is 0 Å². The van der Waals surface area contributed by atoms with Crippen molar-refractivity contribution in [2.24, 2.45) is 5.92 Å². The second-order valence-corrected chi connectivity index (χ2v) is 7.70. The molecule has 1 aromatic rings. The molecule has 3 rings (SSSR count). The van der Waals surface area contributed by atoms with E-state index in [1.165, 1.54) is 30.5 Å². The number of piperidine rings is 1. The zero-order valence-corrected chi connectivity index (χ0v) is 15.1. The smallest absolute Gasteiger partial charge is 0.222 e. The topological polar surface area (TPSA) is 32.3 Å². The summed E-state index contributed by atoms with van der Waals surface area (Å²) in [6.07, 6.45) is 8.98. The van der Waals surface area contributed by atoms with Crippen LogP contribution in [0.2, 0.25) is 0 Å². The number of rotatable bonds is 8. The number of hydrogen-bond donors (Lipinski definition) is 1. The van der Waals surface area contributed by atoms with Crippen LogP contribution in [-0.4, -0.2) is 36.5 Å². The van der Waals surface area contributed by atoms with Crippen molar-refractivity contribution in [1.29, 1.82) is 0 Å².